The molecule has 0 unspecified atom stereocenters. The van der Waals surface area contributed by atoms with Crippen molar-refractivity contribution in [1.29, 1.82) is 0 Å². The highest BCUT2D eigenvalue weighted by atomic mass is 16.5. The molecule has 3 aromatic rings. The summed E-state index contributed by atoms with van der Waals surface area (Å²) in [4.78, 5) is 14.3. The first-order valence-corrected chi connectivity index (χ1v) is 4.87. The molecule has 3 rings (SSSR count). The highest BCUT2D eigenvalue weighted by Crippen LogP contribution is 2.32. The van der Waals surface area contributed by atoms with E-state index in [2.05, 4.69) is 4.98 Å². The number of benzene rings is 1. The molecular formula is C12H9NO3. The fraction of sp³-hybridized carbons (Fsp3) is 0.0833. The molecule has 1 aromatic carbocycles. The monoisotopic (exact) mass is 215 g/mol. The van der Waals surface area contributed by atoms with Crippen molar-refractivity contribution in [3.63, 3.8) is 0 Å². The zero-order chi connectivity index (χ0) is 11.1. The van der Waals surface area contributed by atoms with E-state index in [0.29, 0.717) is 11.3 Å². The molecule has 2 heterocycles. The molecule has 0 bridgehead atoms. The fourth-order valence-electron chi connectivity index (χ4n) is 1.89. The van der Waals surface area contributed by atoms with Crippen molar-refractivity contribution >= 4 is 21.9 Å². The maximum atomic E-state index is 11.2. The lowest BCUT2D eigenvalue weighted by Crippen LogP contribution is -1.96. The molecule has 16 heavy (non-hydrogen) atoms. The zero-order valence-electron chi connectivity index (χ0n) is 8.61. The van der Waals surface area contributed by atoms with Crippen LogP contribution in [0, 0.1) is 0 Å². The Morgan fingerprint density at radius 3 is 2.94 bits per heavy atom. The van der Waals surface area contributed by atoms with Crippen molar-refractivity contribution in [2.75, 3.05) is 7.11 Å². The Hall–Kier alpha value is -2.23. The van der Waals surface area contributed by atoms with Crippen molar-refractivity contribution < 1.29 is 9.15 Å². The standard InChI is InChI=1S/C12H9NO3/c1-15-12-10-7(4-5-13-10)6-8-2-3-9(14)16-11(8)12/h2-6,13H,1H3. The molecule has 1 N–H and O–H groups in total. The van der Waals surface area contributed by atoms with Gasteiger partial charge in [0.2, 0.25) is 0 Å². The molecule has 0 atom stereocenters. The van der Waals surface area contributed by atoms with E-state index in [0.717, 1.165) is 16.3 Å². The van der Waals surface area contributed by atoms with Gasteiger partial charge >= 0.3 is 5.63 Å². The van der Waals surface area contributed by atoms with E-state index >= 15 is 0 Å². The van der Waals surface area contributed by atoms with E-state index in [1.165, 1.54) is 6.07 Å². The van der Waals surface area contributed by atoms with Crippen LogP contribution in [0.25, 0.3) is 21.9 Å². The van der Waals surface area contributed by atoms with Gasteiger partial charge in [-0.1, -0.05) is 0 Å². The van der Waals surface area contributed by atoms with Crippen molar-refractivity contribution in [2.45, 2.75) is 0 Å². The fourth-order valence-corrected chi connectivity index (χ4v) is 1.89. The van der Waals surface area contributed by atoms with Crippen LogP contribution in [0.4, 0.5) is 0 Å². The molecule has 4 heteroatoms. The minimum absolute atomic E-state index is 0.378. The Bertz CT molecular complexity index is 724. The smallest absolute Gasteiger partial charge is 0.336 e. The van der Waals surface area contributed by atoms with Gasteiger partial charge in [0.05, 0.1) is 12.6 Å². The number of hydrogen-bond acceptors (Lipinski definition) is 3. The minimum Gasteiger partial charge on any atom is -0.491 e. The summed E-state index contributed by atoms with van der Waals surface area (Å²) < 4.78 is 10.5. The SMILES string of the molecule is COc1c2[nH]ccc2cc2ccc(=O)oc12. The van der Waals surface area contributed by atoms with Gasteiger partial charge in [-0.05, 0) is 18.2 Å². The van der Waals surface area contributed by atoms with Crippen LogP contribution in [0.5, 0.6) is 5.75 Å². The number of nitrogens with one attached hydrogen (secondary N) is 1. The van der Waals surface area contributed by atoms with Crippen molar-refractivity contribution in [1.82, 2.24) is 4.98 Å². The van der Waals surface area contributed by atoms with Crippen LogP contribution in [0.15, 0.2) is 39.7 Å². The quantitative estimate of drug-likeness (QED) is 0.633. The number of rotatable bonds is 1. The van der Waals surface area contributed by atoms with Gasteiger partial charge in [-0.3, -0.25) is 0 Å². The van der Waals surface area contributed by atoms with E-state index in [1.54, 1.807) is 13.2 Å². The molecule has 80 valence electrons. The number of hydrogen-bond donors (Lipinski definition) is 1. The van der Waals surface area contributed by atoms with Crippen molar-refractivity contribution in [3.05, 3.63) is 40.9 Å². The van der Waals surface area contributed by atoms with Gasteiger partial charge in [0.15, 0.2) is 11.3 Å². The van der Waals surface area contributed by atoms with E-state index in [4.69, 9.17) is 9.15 Å². The van der Waals surface area contributed by atoms with Gasteiger partial charge < -0.3 is 14.1 Å². The molecule has 2 aromatic heterocycles. The minimum atomic E-state index is -0.378. The first-order valence-electron chi connectivity index (χ1n) is 4.87. The number of methoxy groups -OCH3 is 1. The third-order valence-corrected chi connectivity index (χ3v) is 2.59. The van der Waals surface area contributed by atoms with Crippen LogP contribution in [0.3, 0.4) is 0 Å². The summed E-state index contributed by atoms with van der Waals surface area (Å²) in [5.41, 5.74) is 0.936. The van der Waals surface area contributed by atoms with Crippen LogP contribution in [-0.2, 0) is 0 Å². The molecule has 0 amide bonds. The highest BCUT2D eigenvalue weighted by molar-refractivity contribution is 6.00. The first-order chi connectivity index (χ1) is 7.79. The van der Waals surface area contributed by atoms with Gasteiger partial charge in [-0.25, -0.2) is 4.79 Å². The van der Waals surface area contributed by atoms with Crippen LogP contribution in [0.2, 0.25) is 0 Å². The summed E-state index contributed by atoms with van der Waals surface area (Å²) in [5.74, 6) is 0.565. The summed E-state index contributed by atoms with van der Waals surface area (Å²) in [6.45, 7) is 0. The first kappa shape index (κ1) is 9.03. The maximum Gasteiger partial charge on any atom is 0.336 e. The number of aromatic amines is 1. The topological polar surface area (TPSA) is 55.2 Å². The van der Waals surface area contributed by atoms with Crippen molar-refractivity contribution in [2.24, 2.45) is 0 Å². The second-order valence-electron chi connectivity index (χ2n) is 3.52. The Kier molecular flexibility index (Phi) is 1.77. The second kappa shape index (κ2) is 3.13. The van der Waals surface area contributed by atoms with Gasteiger partial charge in [-0.15, -0.1) is 0 Å². The number of aromatic nitrogens is 1. The largest absolute Gasteiger partial charge is 0.491 e. The predicted molar refractivity (Wildman–Crippen MR) is 60.9 cm³/mol. The Morgan fingerprint density at radius 1 is 1.25 bits per heavy atom. The summed E-state index contributed by atoms with van der Waals surface area (Å²) in [6, 6.07) is 7.03. The Morgan fingerprint density at radius 2 is 2.12 bits per heavy atom. The molecule has 0 spiro atoms. The third kappa shape index (κ3) is 1.13. The summed E-state index contributed by atoms with van der Waals surface area (Å²) in [5, 5.41) is 1.88. The Labute approximate surface area is 90.4 Å². The molecule has 0 aliphatic rings. The lowest BCUT2D eigenvalue weighted by atomic mass is 10.1. The van der Waals surface area contributed by atoms with Crippen LogP contribution >= 0.6 is 0 Å². The molecule has 0 aliphatic carbocycles. The zero-order valence-corrected chi connectivity index (χ0v) is 8.61. The average Bonchev–Trinajstić information content (AvgIpc) is 2.73. The van der Waals surface area contributed by atoms with Crippen LogP contribution in [-0.4, -0.2) is 12.1 Å². The van der Waals surface area contributed by atoms with Gasteiger partial charge in [0, 0.05) is 23.0 Å². The summed E-state index contributed by atoms with van der Waals surface area (Å²) in [6.07, 6.45) is 1.82. The molecule has 0 fully saturated rings. The number of ether oxygens (including phenoxy) is 1. The summed E-state index contributed by atoms with van der Waals surface area (Å²) in [7, 11) is 1.56. The highest BCUT2D eigenvalue weighted by Gasteiger charge is 2.11. The summed E-state index contributed by atoms with van der Waals surface area (Å²) >= 11 is 0. The van der Waals surface area contributed by atoms with Gasteiger partial charge in [0.25, 0.3) is 0 Å². The molecule has 0 saturated heterocycles. The average molecular weight is 215 g/mol. The number of H-pyrrole nitrogens is 1. The van der Waals surface area contributed by atoms with E-state index in [1.807, 2.05) is 18.3 Å². The molecule has 0 saturated carbocycles. The maximum absolute atomic E-state index is 11.2. The lowest BCUT2D eigenvalue weighted by Gasteiger charge is -2.05. The molecular weight excluding hydrogens is 206 g/mol. The normalized spacial score (nSPS) is 11.1. The van der Waals surface area contributed by atoms with Gasteiger partial charge in [0.1, 0.15) is 0 Å². The van der Waals surface area contributed by atoms with Gasteiger partial charge in [-0.2, -0.15) is 0 Å². The Balaban J connectivity index is 2.60. The molecule has 0 radical (unpaired) electrons. The van der Waals surface area contributed by atoms with E-state index in [9.17, 15) is 4.79 Å². The molecule has 0 aliphatic heterocycles. The molecule has 4 nitrogen and oxygen atoms in total. The predicted octanol–water partition coefficient (Wildman–Crippen LogP) is 2.28. The second-order valence-corrected chi connectivity index (χ2v) is 3.52. The van der Waals surface area contributed by atoms with Crippen LogP contribution in [0.1, 0.15) is 0 Å². The van der Waals surface area contributed by atoms with E-state index in [-0.39, 0.29) is 5.63 Å². The van der Waals surface area contributed by atoms with Crippen LogP contribution < -0.4 is 10.4 Å². The van der Waals surface area contributed by atoms with E-state index < -0.39 is 0 Å². The van der Waals surface area contributed by atoms with Crippen molar-refractivity contribution in [3.8, 4) is 5.75 Å². The lowest BCUT2D eigenvalue weighted by molar-refractivity contribution is 0.411. The third-order valence-electron chi connectivity index (χ3n) is 2.59. The number of fused-ring (bicyclic) bond motifs is 2.